The van der Waals surface area contributed by atoms with E-state index in [1.807, 2.05) is 12.1 Å². The summed E-state index contributed by atoms with van der Waals surface area (Å²) in [6, 6.07) is 14.1. The average Bonchev–Trinajstić information content (AvgIpc) is 2.46. The van der Waals surface area contributed by atoms with Crippen molar-refractivity contribution in [2.24, 2.45) is 9.98 Å². The second-order valence-corrected chi connectivity index (χ2v) is 4.19. The zero-order valence-electron chi connectivity index (χ0n) is 11.3. The third-order valence-corrected chi connectivity index (χ3v) is 2.69. The summed E-state index contributed by atoms with van der Waals surface area (Å²) < 4.78 is 0. The number of aromatic hydroxyl groups is 2. The van der Waals surface area contributed by atoms with E-state index in [9.17, 15) is 10.2 Å². The van der Waals surface area contributed by atoms with Crippen LogP contribution in [0.4, 0.5) is 0 Å². The van der Waals surface area contributed by atoms with E-state index in [2.05, 4.69) is 9.98 Å². The molecular formula is C16H16N2O2Pt. The van der Waals surface area contributed by atoms with Crippen molar-refractivity contribution >= 4 is 12.4 Å². The molecule has 2 N–H and O–H groups in total. The number of para-hydroxylation sites is 2. The van der Waals surface area contributed by atoms with E-state index in [0.29, 0.717) is 24.2 Å². The fraction of sp³-hybridized carbons (Fsp3) is 0.125. The zero-order valence-corrected chi connectivity index (χ0v) is 13.6. The molecule has 0 aliphatic carbocycles. The summed E-state index contributed by atoms with van der Waals surface area (Å²) in [5.41, 5.74) is 1.38. The molecule has 0 saturated heterocycles. The van der Waals surface area contributed by atoms with Gasteiger partial charge in [-0.3, -0.25) is 9.98 Å². The SMILES string of the molecule is Oc1ccccc1C=NCCN=Cc1ccccc1O.[Pt]. The monoisotopic (exact) mass is 463 g/mol. The molecule has 0 spiro atoms. The Morgan fingerprint density at radius 2 is 1.10 bits per heavy atom. The van der Waals surface area contributed by atoms with Gasteiger partial charge in [0.25, 0.3) is 0 Å². The number of phenolic OH excluding ortho intramolecular Hbond substituents is 2. The topological polar surface area (TPSA) is 65.2 Å². The van der Waals surface area contributed by atoms with Crippen molar-refractivity contribution in [3.8, 4) is 11.5 Å². The first kappa shape index (κ1) is 17.1. The molecule has 0 radical (unpaired) electrons. The quantitative estimate of drug-likeness (QED) is 0.529. The van der Waals surface area contributed by atoms with E-state index in [1.165, 1.54) is 0 Å². The van der Waals surface area contributed by atoms with Gasteiger partial charge in [0.1, 0.15) is 11.5 Å². The fourth-order valence-electron chi connectivity index (χ4n) is 1.63. The van der Waals surface area contributed by atoms with Gasteiger partial charge in [0, 0.05) is 44.6 Å². The van der Waals surface area contributed by atoms with Gasteiger partial charge in [0.15, 0.2) is 0 Å². The molecule has 5 heteroatoms. The maximum Gasteiger partial charge on any atom is 0.124 e. The number of phenols is 2. The molecule has 21 heavy (non-hydrogen) atoms. The first-order valence-electron chi connectivity index (χ1n) is 6.33. The normalized spacial score (nSPS) is 10.9. The van der Waals surface area contributed by atoms with Crippen molar-refractivity contribution in [1.82, 2.24) is 0 Å². The van der Waals surface area contributed by atoms with Crippen molar-refractivity contribution in [3.05, 3.63) is 59.7 Å². The first-order valence-corrected chi connectivity index (χ1v) is 6.33. The standard InChI is InChI=1S/C16H16N2O2.Pt/c19-15-7-3-1-5-13(15)11-17-9-10-18-12-14-6-2-4-8-16(14)20;/h1-8,11-12,19-20H,9-10H2;. The summed E-state index contributed by atoms with van der Waals surface area (Å²) in [7, 11) is 0. The van der Waals surface area contributed by atoms with Crippen LogP contribution < -0.4 is 0 Å². The van der Waals surface area contributed by atoms with Gasteiger partial charge >= 0.3 is 0 Å². The van der Waals surface area contributed by atoms with Gasteiger partial charge in [0.05, 0.1) is 13.1 Å². The molecule has 0 heterocycles. The van der Waals surface area contributed by atoms with Gasteiger partial charge in [-0.1, -0.05) is 24.3 Å². The van der Waals surface area contributed by atoms with Crippen LogP contribution in [0.1, 0.15) is 11.1 Å². The van der Waals surface area contributed by atoms with E-state index in [4.69, 9.17) is 0 Å². The third kappa shape index (κ3) is 5.52. The summed E-state index contributed by atoms with van der Waals surface area (Å²) in [5, 5.41) is 19.1. The van der Waals surface area contributed by atoms with Crippen LogP contribution in [0.3, 0.4) is 0 Å². The van der Waals surface area contributed by atoms with Crippen LogP contribution in [-0.2, 0) is 21.1 Å². The third-order valence-electron chi connectivity index (χ3n) is 2.69. The van der Waals surface area contributed by atoms with E-state index in [-0.39, 0.29) is 32.6 Å². The number of hydrogen-bond acceptors (Lipinski definition) is 4. The molecule has 112 valence electrons. The van der Waals surface area contributed by atoms with Crippen molar-refractivity contribution in [2.45, 2.75) is 0 Å². The maximum atomic E-state index is 9.54. The number of rotatable bonds is 5. The van der Waals surface area contributed by atoms with Crippen LogP contribution in [0.5, 0.6) is 11.5 Å². The Balaban J connectivity index is 0.00000220. The van der Waals surface area contributed by atoms with Gasteiger partial charge < -0.3 is 10.2 Å². The largest absolute Gasteiger partial charge is 0.507 e. The maximum absolute atomic E-state index is 9.54. The fourth-order valence-corrected chi connectivity index (χ4v) is 1.63. The molecule has 0 saturated carbocycles. The van der Waals surface area contributed by atoms with Crippen molar-refractivity contribution in [1.29, 1.82) is 0 Å². The summed E-state index contributed by atoms with van der Waals surface area (Å²) >= 11 is 0. The Hall–Kier alpha value is -1.93. The van der Waals surface area contributed by atoms with Crippen LogP contribution in [-0.4, -0.2) is 35.7 Å². The second kappa shape index (κ2) is 9.09. The van der Waals surface area contributed by atoms with Gasteiger partial charge in [-0.05, 0) is 24.3 Å². The summed E-state index contributed by atoms with van der Waals surface area (Å²) in [5.74, 6) is 0.433. The molecular weight excluding hydrogens is 447 g/mol. The van der Waals surface area contributed by atoms with Crippen LogP contribution >= 0.6 is 0 Å². The second-order valence-electron chi connectivity index (χ2n) is 4.19. The first-order chi connectivity index (χ1) is 9.77. The Morgan fingerprint density at radius 3 is 1.48 bits per heavy atom. The predicted octanol–water partition coefficient (Wildman–Crippen LogP) is 2.63. The molecule has 0 unspecified atom stereocenters. The molecule has 2 aromatic rings. The molecule has 0 fully saturated rings. The number of aliphatic imine (C=N–C) groups is 2. The van der Waals surface area contributed by atoms with Gasteiger partial charge in [-0.15, -0.1) is 0 Å². The van der Waals surface area contributed by atoms with Crippen LogP contribution in [0.15, 0.2) is 58.5 Å². The summed E-state index contributed by atoms with van der Waals surface area (Å²) in [6.45, 7) is 1.05. The van der Waals surface area contributed by atoms with E-state index in [1.54, 1.807) is 48.8 Å². The Morgan fingerprint density at radius 1 is 0.714 bits per heavy atom. The molecule has 0 aromatic heterocycles. The van der Waals surface area contributed by atoms with Crippen LogP contribution in [0.25, 0.3) is 0 Å². The Labute approximate surface area is 138 Å². The zero-order chi connectivity index (χ0) is 14.2. The number of benzene rings is 2. The smallest absolute Gasteiger partial charge is 0.124 e. The van der Waals surface area contributed by atoms with Crippen molar-refractivity contribution in [3.63, 3.8) is 0 Å². The average molecular weight is 463 g/mol. The molecule has 2 rings (SSSR count). The predicted molar refractivity (Wildman–Crippen MR) is 81.1 cm³/mol. The summed E-state index contributed by atoms with van der Waals surface area (Å²) in [4.78, 5) is 8.39. The molecule has 0 aliphatic heterocycles. The molecule has 4 nitrogen and oxygen atoms in total. The molecule has 0 amide bonds. The minimum atomic E-state index is 0. The van der Waals surface area contributed by atoms with Gasteiger partial charge in [-0.25, -0.2) is 0 Å². The molecule has 0 aliphatic rings. The van der Waals surface area contributed by atoms with E-state index < -0.39 is 0 Å². The Bertz CT molecular complexity index is 572. The van der Waals surface area contributed by atoms with Crippen LogP contribution in [0.2, 0.25) is 0 Å². The van der Waals surface area contributed by atoms with Gasteiger partial charge in [0.2, 0.25) is 0 Å². The molecule has 2 aromatic carbocycles. The number of hydrogen-bond donors (Lipinski definition) is 2. The minimum absolute atomic E-state index is 0. The van der Waals surface area contributed by atoms with E-state index >= 15 is 0 Å². The van der Waals surface area contributed by atoms with Crippen molar-refractivity contribution in [2.75, 3.05) is 13.1 Å². The van der Waals surface area contributed by atoms with Crippen molar-refractivity contribution < 1.29 is 31.3 Å². The van der Waals surface area contributed by atoms with Crippen LogP contribution in [0, 0.1) is 0 Å². The number of nitrogens with zero attached hydrogens (tertiary/aromatic N) is 2. The van der Waals surface area contributed by atoms with E-state index in [0.717, 1.165) is 0 Å². The Kier molecular flexibility index (Phi) is 7.41. The minimum Gasteiger partial charge on any atom is -0.507 e. The molecule has 0 bridgehead atoms. The summed E-state index contributed by atoms with van der Waals surface area (Å²) in [6.07, 6.45) is 3.26. The molecule has 0 atom stereocenters. The van der Waals surface area contributed by atoms with Gasteiger partial charge in [-0.2, -0.15) is 0 Å².